The molecular weight excluding hydrogens is 250 g/mol. The topological polar surface area (TPSA) is 91.5 Å². The molecule has 7 heteroatoms. The molecule has 0 saturated carbocycles. The van der Waals surface area contributed by atoms with Crippen molar-refractivity contribution >= 4 is 23.9 Å². The highest BCUT2D eigenvalue weighted by atomic mass is 32.2. The van der Waals surface area contributed by atoms with Gasteiger partial charge in [0.25, 0.3) is 0 Å². The van der Waals surface area contributed by atoms with Crippen molar-refractivity contribution in [2.75, 3.05) is 0 Å². The zero-order chi connectivity index (χ0) is 12.5. The molecule has 3 aliphatic heterocycles. The zero-order valence-electron chi connectivity index (χ0n) is 9.51. The molecule has 2 atom stereocenters. The SMILES string of the molecule is NC1NC(CC(=O)NC2=CC(C3=CN=C3)N2)=CS1. The summed E-state index contributed by atoms with van der Waals surface area (Å²) < 4.78 is 0. The number of nitrogens with two attached hydrogens (primary N) is 1. The molecule has 0 aromatic carbocycles. The van der Waals surface area contributed by atoms with Crippen LogP contribution in [-0.4, -0.2) is 23.7 Å². The highest BCUT2D eigenvalue weighted by molar-refractivity contribution is 8.02. The Bertz CT molecular complexity index is 508. The van der Waals surface area contributed by atoms with E-state index in [9.17, 15) is 4.79 Å². The van der Waals surface area contributed by atoms with Crippen LogP contribution in [0.5, 0.6) is 0 Å². The van der Waals surface area contributed by atoms with Gasteiger partial charge >= 0.3 is 0 Å². The van der Waals surface area contributed by atoms with E-state index < -0.39 is 0 Å². The number of aliphatic imine (C=N–C) groups is 1. The minimum Gasteiger partial charge on any atom is -0.364 e. The molecule has 3 rings (SSSR count). The Morgan fingerprint density at radius 3 is 2.89 bits per heavy atom. The van der Waals surface area contributed by atoms with E-state index in [1.165, 1.54) is 11.8 Å². The Kier molecular flexibility index (Phi) is 2.85. The summed E-state index contributed by atoms with van der Waals surface area (Å²) in [5, 5.41) is 10.8. The molecule has 0 saturated heterocycles. The molecule has 0 fully saturated rings. The minimum atomic E-state index is -0.136. The van der Waals surface area contributed by atoms with Gasteiger partial charge in [-0.3, -0.25) is 9.79 Å². The van der Waals surface area contributed by atoms with Gasteiger partial charge in [-0.25, -0.2) is 0 Å². The van der Waals surface area contributed by atoms with Crippen molar-refractivity contribution in [1.29, 1.82) is 0 Å². The molecule has 0 radical (unpaired) electrons. The molecule has 0 spiro atoms. The normalized spacial score (nSPS) is 27.9. The number of thioether (sulfide) groups is 1. The van der Waals surface area contributed by atoms with Crippen LogP contribution < -0.4 is 21.7 Å². The molecule has 5 N–H and O–H groups in total. The van der Waals surface area contributed by atoms with Crippen LogP contribution >= 0.6 is 11.8 Å². The van der Waals surface area contributed by atoms with Gasteiger partial charge in [0, 0.05) is 23.7 Å². The molecule has 6 nitrogen and oxygen atoms in total. The van der Waals surface area contributed by atoms with E-state index in [0.717, 1.165) is 17.1 Å². The Morgan fingerprint density at radius 1 is 1.56 bits per heavy atom. The van der Waals surface area contributed by atoms with Gasteiger partial charge in [0.15, 0.2) is 0 Å². The molecule has 0 aliphatic carbocycles. The van der Waals surface area contributed by atoms with Crippen LogP contribution in [0.4, 0.5) is 0 Å². The maximum Gasteiger partial charge on any atom is 0.231 e. The largest absolute Gasteiger partial charge is 0.364 e. The van der Waals surface area contributed by atoms with Crippen LogP contribution in [0.15, 0.2) is 39.8 Å². The van der Waals surface area contributed by atoms with Crippen molar-refractivity contribution < 1.29 is 4.79 Å². The lowest BCUT2D eigenvalue weighted by Gasteiger charge is -2.30. The number of nitrogens with zero attached hydrogens (tertiary/aromatic N) is 1. The number of hydrogen-bond acceptors (Lipinski definition) is 6. The third-order valence-corrected chi connectivity index (χ3v) is 3.59. The summed E-state index contributed by atoms with van der Waals surface area (Å²) in [5.74, 6) is 0.693. The van der Waals surface area contributed by atoms with Gasteiger partial charge in [-0.2, -0.15) is 0 Å². The van der Waals surface area contributed by atoms with E-state index >= 15 is 0 Å². The second-order valence-electron chi connectivity index (χ2n) is 4.18. The summed E-state index contributed by atoms with van der Waals surface area (Å²) in [6.07, 6.45) is 5.89. The molecule has 3 heterocycles. The van der Waals surface area contributed by atoms with Gasteiger partial charge in [-0.15, -0.1) is 0 Å². The number of rotatable bonds is 4. The van der Waals surface area contributed by atoms with E-state index in [1.54, 1.807) is 12.4 Å². The van der Waals surface area contributed by atoms with E-state index in [0.29, 0.717) is 6.42 Å². The van der Waals surface area contributed by atoms with E-state index in [2.05, 4.69) is 20.9 Å². The molecule has 3 aliphatic rings. The average molecular weight is 263 g/mol. The maximum absolute atomic E-state index is 11.7. The quantitative estimate of drug-likeness (QED) is 0.559. The van der Waals surface area contributed by atoms with E-state index in [4.69, 9.17) is 5.73 Å². The van der Waals surface area contributed by atoms with Gasteiger partial charge in [0.2, 0.25) is 5.91 Å². The van der Waals surface area contributed by atoms with Crippen LogP contribution in [0.2, 0.25) is 0 Å². The van der Waals surface area contributed by atoms with Gasteiger partial charge in [0.05, 0.1) is 12.5 Å². The molecule has 0 bridgehead atoms. The van der Waals surface area contributed by atoms with Crippen LogP contribution in [0.3, 0.4) is 0 Å². The fraction of sp³-hybridized carbons (Fsp3) is 0.273. The highest BCUT2D eigenvalue weighted by Gasteiger charge is 2.24. The van der Waals surface area contributed by atoms with E-state index in [1.807, 2.05) is 11.5 Å². The lowest BCUT2D eigenvalue weighted by Crippen LogP contribution is -2.47. The summed E-state index contributed by atoms with van der Waals surface area (Å²) in [6.45, 7) is 0. The van der Waals surface area contributed by atoms with Crippen LogP contribution in [0.25, 0.3) is 0 Å². The van der Waals surface area contributed by atoms with Gasteiger partial charge in [-0.1, -0.05) is 11.8 Å². The summed E-state index contributed by atoms with van der Waals surface area (Å²) in [6, 6.07) is 0.186. The number of carbonyl (C=O) groups excluding carboxylic acids is 1. The summed E-state index contributed by atoms with van der Waals surface area (Å²) in [4.78, 5) is 15.6. The Morgan fingerprint density at radius 2 is 2.33 bits per heavy atom. The second-order valence-corrected chi connectivity index (χ2v) is 5.19. The van der Waals surface area contributed by atoms with Crippen LogP contribution in [0, 0.1) is 0 Å². The van der Waals surface area contributed by atoms with Gasteiger partial charge in [0.1, 0.15) is 11.3 Å². The first-order valence-electron chi connectivity index (χ1n) is 5.59. The summed E-state index contributed by atoms with van der Waals surface area (Å²) in [7, 11) is 0. The summed E-state index contributed by atoms with van der Waals surface area (Å²) >= 11 is 1.47. The van der Waals surface area contributed by atoms with Crippen molar-refractivity contribution in [2.24, 2.45) is 10.7 Å². The molecular formula is C11H13N5OS. The Balaban J connectivity index is 1.45. The summed E-state index contributed by atoms with van der Waals surface area (Å²) in [5.41, 5.74) is 7.49. The second kappa shape index (κ2) is 4.51. The van der Waals surface area contributed by atoms with Gasteiger partial charge < -0.3 is 21.7 Å². The zero-order valence-corrected chi connectivity index (χ0v) is 10.3. The van der Waals surface area contributed by atoms with Crippen LogP contribution in [-0.2, 0) is 4.79 Å². The standard InChI is InChI=1S/C11H13N5OS/c12-11-14-7(5-18-11)1-10(17)16-9-2-8(15-9)6-3-13-4-6/h2-5,8,11,14-15H,1,12H2,(H,16,17). The first-order valence-corrected chi connectivity index (χ1v) is 6.53. The number of hydrogen-bond donors (Lipinski definition) is 4. The number of amides is 1. The first-order chi connectivity index (χ1) is 8.70. The monoisotopic (exact) mass is 263 g/mol. The highest BCUT2D eigenvalue weighted by Crippen LogP contribution is 2.20. The maximum atomic E-state index is 11.7. The third-order valence-electron chi connectivity index (χ3n) is 2.76. The van der Waals surface area contributed by atoms with Crippen molar-refractivity contribution in [3.05, 3.63) is 34.8 Å². The lowest BCUT2D eigenvalue weighted by atomic mass is 10.0. The molecule has 2 unspecified atom stereocenters. The average Bonchev–Trinajstić information content (AvgIpc) is 2.57. The van der Waals surface area contributed by atoms with Crippen LogP contribution in [0.1, 0.15) is 6.42 Å². The first kappa shape index (κ1) is 11.4. The minimum absolute atomic E-state index is 0.0584. The predicted octanol–water partition coefficient (Wildman–Crippen LogP) is -0.306. The van der Waals surface area contributed by atoms with E-state index in [-0.39, 0.29) is 17.4 Å². The van der Waals surface area contributed by atoms with Crippen molar-refractivity contribution in [1.82, 2.24) is 16.0 Å². The molecule has 18 heavy (non-hydrogen) atoms. The molecule has 0 aromatic rings. The van der Waals surface area contributed by atoms with Crippen molar-refractivity contribution in [3.8, 4) is 0 Å². The molecule has 94 valence electrons. The molecule has 1 amide bonds. The third kappa shape index (κ3) is 2.27. The van der Waals surface area contributed by atoms with Gasteiger partial charge in [-0.05, 0) is 11.5 Å². The fourth-order valence-corrected chi connectivity index (χ4v) is 2.45. The Labute approximate surface area is 108 Å². The fourth-order valence-electron chi connectivity index (χ4n) is 1.77. The smallest absolute Gasteiger partial charge is 0.231 e. The predicted molar refractivity (Wildman–Crippen MR) is 71.1 cm³/mol. The lowest BCUT2D eigenvalue weighted by molar-refractivity contribution is -0.120. The Hall–Kier alpha value is -1.73. The number of carbonyl (C=O) groups is 1. The van der Waals surface area contributed by atoms with Crippen molar-refractivity contribution in [3.63, 3.8) is 0 Å². The molecule has 0 aromatic heterocycles. The number of nitrogens with one attached hydrogen (secondary N) is 3. The van der Waals surface area contributed by atoms with Crippen molar-refractivity contribution in [2.45, 2.75) is 18.0 Å².